The number of benzene rings is 1. The van der Waals surface area contributed by atoms with E-state index in [4.69, 9.17) is 4.74 Å². The Bertz CT molecular complexity index is 727. The second-order valence-corrected chi connectivity index (χ2v) is 5.86. The van der Waals surface area contributed by atoms with Crippen LogP contribution < -0.4 is 0 Å². The SMILES string of the molecule is CCOC(=O)CN1CCCN(C(=O)c2ccc3nc[nH]c3c2)CC1. The van der Waals surface area contributed by atoms with E-state index in [9.17, 15) is 9.59 Å². The maximum absolute atomic E-state index is 12.7. The van der Waals surface area contributed by atoms with E-state index in [0.717, 1.165) is 24.0 Å². The Morgan fingerprint density at radius 1 is 1.25 bits per heavy atom. The summed E-state index contributed by atoms with van der Waals surface area (Å²) in [6.45, 7) is 5.26. The molecular weight excluding hydrogens is 308 g/mol. The lowest BCUT2D eigenvalue weighted by Gasteiger charge is -2.21. The first-order valence-corrected chi connectivity index (χ1v) is 8.27. The normalized spacial score (nSPS) is 16.1. The number of H-pyrrole nitrogens is 1. The van der Waals surface area contributed by atoms with E-state index in [-0.39, 0.29) is 18.4 Å². The first-order valence-electron chi connectivity index (χ1n) is 8.27. The lowest BCUT2D eigenvalue weighted by Crippen LogP contribution is -2.37. The standard InChI is InChI=1S/C17H22N4O3/c1-2-24-16(22)11-20-6-3-7-21(9-8-20)17(23)13-4-5-14-15(10-13)19-12-18-14/h4-5,10,12H,2-3,6-9,11H2,1H3,(H,18,19). The smallest absolute Gasteiger partial charge is 0.320 e. The van der Waals surface area contributed by atoms with Gasteiger partial charge in [0, 0.05) is 31.7 Å². The molecule has 0 unspecified atom stereocenters. The van der Waals surface area contributed by atoms with Gasteiger partial charge in [0.1, 0.15) is 0 Å². The van der Waals surface area contributed by atoms with Crippen LogP contribution >= 0.6 is 0 Å². The number of rotatable bonds is 4. The molecule has 7 nitrogen and oxygen atoms in total. The van der Waals surface area contributed by atoms with Crippen molar-refractivity contribution in [3.8, 4) is 0 Å². The van der Waals surface area contributed by atoms with Crippen LogP contribution in [-0.4, -0.2) is 71.0 Å². The van der Waals surface area contributed by atoms with E-state index in [1.165, 1.54) is 0 Å². The number of hydrogen-bond donors (Lipinski definition) is 1. The van der Waals surface area contributed by atoms with E-state index in [2.05, 4.69) is 9.97 Å². The Hall–Kier alpha value is -2.41. The van der Waals surface area contributed by atoms with Crippen molar-refractivity contribution in [2.24, 2.45) is 0 Å². The van der Waals surface area contributed by atoms with Gasteiger partial charge in [-0.3, -0.25) is 14.5 Å². The molecule has 1 aromatic heterocycles. The van der Waals surface area contributed by atoms with Gasteiger partial charge in [-0.15, -0.1) is 0 Å². The number of imidazole rings is 1. The van der Waals surface area contributed by atoms with Crippen molar-refractivity contribution in [2.45, 2.75) is 13.3 Å². The zero-order valence-corrected chi connectivity index (χ0v) is 13.8. The molecule has 0 saturated carbocycles. The largest absolute Gasteiger partial charge is 0.465 e. The minimum absolute atomic E-state index is 0.0180. The summed E-state index contributed by atoms with van der Waals surface area (Å²) in [7, 11) is 0. The van der Waals surface area contributed by atoms with Crippen LogP contribution in [-0.2, 0) is 9.53 Å². The summed E-state index contributed by atoms with van der Waals surface area (Å²) in [6.07, 6.45) is 2.47. The number of carbonyl (C=O) groups excluding carboxylic acids is 2. The summed E-state index contributed by atoms with van der Waals surface area (Å²) in [6, 6.07) is 5.50. The summed E-state index contributed by atoms with van der Waals surface area (Å²) < 4.78 is 4.99. The molecule has 0 radical (unpaired) electrons. The summed E-state index contributed by atoms with van der Waals surface area (Å²) in [5.74, 6) is -0.188. The summed E-state index contributed by atoms with van der Waals surface area (Å²) in [5.41, 5.74) is 2.37. The third kappa shape index (κ3) is 3.73. The first kappa shape index (κ1) is 16.4. The Balaban J connectivity index is 1.62. The van der Waals surface area contributed by atoms with Crippen molar-refractivity contribution in [2.75, 3.05) is 39.3 Å². The molecule has 7 heteroatoms. The lowest BCUT2D eigenvalue weighted by atomic mass is 10.1. The minimum atomic E-state index is -0.207. The average molecular weight is 330 g/mol. The van der Waals surface area contributed by atoms with Crippen LogP contribution in [0.5, 0.6) is 0 Å². The maximum atomic E-state index is 12.7. The first-order chi connectivity index (χ1) is 11.7. The number of amides is 1. The van der Waals surface area contributed by atoms with Crippen molar-refractivity contribution < 1.29 is 14.3 Å². The molecule has 1 amide bonds. The number of hydrogen-bond acceptors (Lipinski definition) is 5. The van der Waals surface area contributed by atoms with Crippen LogP contribution in [0.25, 0.3) is 11.0 Å². The summed E-state index contributed by atoms with van der Waals surface area (Å²) in [4.78, 5) is 35.4. The molecule has 1 aliphatic rings. The monoisotopic (exact) mass is 330 g/mol. The van der Waals surface area contributed by atoms with E-state index in [1.807, 2.05) is 28.0 Å². The van der Waals surface area contributed by atoms with Crippen LogP contribution in [0.3, 0.4) is 0 Å². The number of esters is 1. The quantitative estimate of drug-likeness (QED) is 0.854. The number of nitrogens with zero attached hydrogens (tertiary/aromatic N) is 3. The van der Waals surface area contributed by atoms with E-state index >= 15 is 0 Å². The third-order valence-electron chi connectivity index (χ3n) is 4.20. The molecule has 0 spiro atoms. The van der Waals surface area contributed by atoms with Gasteiger partial charge in [-0.1, -0.05) is 0 Å². The highest BCUT2D eigenvalue weighted by Crippen LogP contribution is 2.15. The van der Waals surface area contributed by atoms with Gasteiger partial charge in [-0.05, 0) is 31.5 Å². The molecule has 3 rings (SSSR count). The minimum Gasteiger partial charge on any atom is -0.465 e. The van der Waals surface area contributed by atoms with Gasteiger partial charge in [0.15, 0.2) is 0 Å². The van der Waals surface area contributed by atoms with Crippen LogP contribution in [0.4, 0.5) is 0 Å². The van der Waals surface area contributed by atoms with Gasteiger partial charge in [0.25, 0.3) is 5.91 Å². The fraction of sp³-hybridized carbons (Fsp3) is 0.471. The van der Waals surface area contributed by atoms with Crippen molar-refractivity contribution >= 4 is 22.9 Å². The third-order valence-corrected chi connectivity index (χ3v) is 4.20. The molecule has 1 aromatic carbocycles. The van der Waals surface area contributed by atoms with Gasteiger partial charge >= 0.3 is 5.97 Å². The van der Waals surface area contributed by atoms with Crippen molar-refractivity contribution in [1.82, 2.24) is 19.8 Å². The number of aromatic nitrogens is 2. The van der Waals surface area contributed by atoms with Crippen LogP contribution in [0.2, 0.25) is 0 Å². The Morgan fingerprint density at radius 2 is 2.12 bits per heavy atom. The zero-order chi connectivity index (χ0) is 16.9. The van der Waals surface area contributed by atoms with Crippen LogP contribution in [0.1, 0.15) is 23.7 Å². The van der Waals surface area contributed by atoms with Gasteiger partial charge in [0.05, 0.1) is 30.5 Å². The fourth-order valence-corrected chi connectivity index (χ4v) is 2.97. The van der Waals surface area contributed by atoms with E-state index in [0.29, 0.717) is 31.8 Å². The molecule has 0 bridgehead atoms. The number of aromatic amines is 1. The highest BCUT2D eigenvalue weighted by Gasteiger charge is 2.22. The summed E-state index contributed by atoms with van der Waals surface area (Å²) in [5, 5.41) is 0. The van der Waals surface area contributed by atoms with Crippen molar-refractivity contribution in [3.05, 3.63) is 30.1 Å². The Labute approximate surface area is 140 Å². The topological polar surface area (TPSA) is 78.5 Å². The van der Waals surface area contributed by atoms with Crippen molar-refractivity contribution in [1.29, 1.82) is 0 Å². The zero-order valence-electron chi connectivity index (χ0n) is 13.8. The maximum Gasteiger partial charge on any atom is 0.320 e. The van der Waals surface area contributed by atoms with Gasteiger partial charge < -0.3 is 14.6 Å². The Morgan fingerprint density at radius 3 is 2.96 bits per heavy atom. The highest BCUT2D eigenvalue weighted by atomic mass is 16.5. The molecule has 0 atom stereocenters. The number of carbonyl (C=O) groups is 2. The predicted octanol–water partition coefficient (Wildman–Crippen LogP) is 1.27. The van der Waals surface area contributed by atoms with Crippen LogP contribution in [0.15, 0.2) is 24.5 Å². The molecule has 0 aliphatic carbocycles. The molecule has 1 fully saturated rings. The number of nitrogens with one attached hydrogen (secondary N) is 1. The van der Waals surface area contributed by atoms with E-state index < -0.39 is 0 Å². The predicted molar refractivity (Wildman–Crippen MR) is 89.7 cm³/mol. The fourth-order valence-electron chi connectivity index (χ4n) is 2.97. The lowest BCUT2D eigenvalue weighted by molar-refractivity contribution is -0.144. The molecular formula is C17H22N4O3. The molecule has 1 aliphatic heterocycles. The number of ether oxygens (including phenoxy) is 1. The van der Waals surface area contributed by atoms with E-state index in [1.54, 1.807) is 13.3 Å². The molecule has 1 N–H and O–H groups in total. The van der Waals surface area contributed by atoms with Crippen LogP contribution in [0, 0.1) is 0 Å². The highest BCUT2D eigenvalue weighted by molar-refractivity contribution is 5.97. The Kier molecular flexibility index (Phi) is 5.10. The molecule has 24 heavy (non-hydrogen) atoms. The second-order valence-electron chi connectivity index (χ2n) is 5.86. The van der Waals surface area contributed by atoms with Crippen molar-refractivity contribution in [3.63, 3.8) is 0 Å². The molecule has 128 valence electrons. The van der Waals surface area contributed by atoms with Gasteiger partial charge in [-0.2, -0.15) is 0 Å². The average Bonchev–Trinajstić information content (AvgIpc) is 2.92. The van der Waals surface area contributed by atoms with Gasteiger partial charge in [0.2, 0.25) is 0 Å². The molecule has 2 heterocycles. The molecule has 2 aromatic rings. The second kappa shape index (κ2) is 7.44. The summed E-state index contributed by atoms with van der Waals surface area (Å²) >= 11 is 0. The van der Waals surface area contributed by atoms with Gasteiger partial charge in [-0.25, -0.2) is 4.98 Å². The number of fused-ring (bicyclic) bond motifs is 1. The molecule has 1 saturated heterocycles.